The van der Waals surface area contributed by atoms with E-state index >= 15 is 0 Å². The molecule has 0 aliphatic rings. The molecule has 2 aromatic rings. The Morgan fingerprint density at radius 1 is 1.29 bits per heavy atom. The molecular formula is C14H15N3O4. The van der Waals surface area contributed by atoms with Crippen LogP contribution in [0.5, 0.6) is 5.75 Å². The second-order valence-electron chi connectivity index (χ2n) is 4.34. The van der Waals surface area contributed by atoms with E-state index in [0.717, 1.165) is 5.56 Å². The summed E-state index contributed by atoms with van der Waals surface area (Å²) in [5, 5.41) is 10.9. The molecule has 0 fully saturated rings. The van der Waals surface area contributed by atoms with Crippen LogP contribution in [-0.4, -0.2) is 16.1 Å². The Labute approximate surface area is 120 Å². The highest BCUT2D eigenvalue weighted by molar-refractivity contribution is 5.48. The maximum atomic E-state index is 11.5. The SMILES string of the molecule is NCc1ccc([N+](=O)[O-])c(OCCn2ccccc2=O)c1. The fourth-order valence-electron chi connectivity index (χ4n) is 1.85. The first-order valence-electron chi connectivity index (χ1n) is 6.37. The van der Waals surface area contributed by atoms with E-state index in [1.165, 1.54) is 16.7 Å². The second kappa shape index (κ2) is 6.67. The lowest BCUT2D eigenvalue weighted by atomic mass is 10.2. The molecule has 0 unspecified atom stereocenters. The molecular weight excluding hydrogens is 274 g/mol. The van der Waals surface area contributed by atoms with Gasteiger partial charge in [-0.05, 0) is 17.7 Å². The zero-order valence-corrected chi connectivity index (χ0v) is 11.3. The van der Waals surface area contributed by atoms with Crippen LogP contribution >= 0.6 is 0 Å². The molecule has 0 saturated heterocycles. The molecule has 0 atom stereocenters. The molecule has 21 heavy (non-hydrogen) atoms. The van der Waals surface area contributed by atoms with Crippen molar-refractivity contribution in [3.63, 3.8) is 0 Å². The molecule has 0 amide bonds. The molecule has 2 N–H and O–H groups in total. The number of rotatable bonds is 6. The topological polar surface area (TPSA) is 100 Å². The maximum absolute atomic E-state index is 11.5. The highest BCUT2D eigenvalue weighted by Crippen LogP contribution is 2.27. The van der Waals surface area contributed by atoms with Crippen molar-refractivity contribution in [3.8, 4) is 5.75 Å². The molecule has 110 valence electrons. The third-order valence-electron chi connectivity index (χ3n) is 2.95. The number of pyridine rings is 1. The molecule has 0 spiro atoms. The van der Waals surface area contributed by atoms with Crippen molar-refractivity contribution in [1.82, 2.24) is 4.57 Å². The van der Waals surface area contributed by atoms with Crippen molar-refractivity contribution in [1.29, 1.82) is 0 Å². The molecule has 1 aromatic carbocycles. The van der Waals surface area contributed by atoms with E-state index in [9.17, 15) is 14.9 Å². The minimum absolute atomic E-state index is 0.118. The maximum Gasteiger partial charge on any atom is 0.310 e. The van der Waals surface area contributed by atoms with Crippen molar-refractivity contribution in [3.05, 3.63) is 68.6 Å². The highest BCUT2D eigenvalue weighted by Gasteiger charge is 2.15. The number of aromatic nitrogens is 1. The Balaban J connectivity index is 2.10. The van der Waals surface area contributed by atoms with Crippen molar-refractivity contribution < 1.29 is 9.66 Å². The van der Waals surface area contributed by atoms with Crippen LogP contribution in [0.1, 0.15) is 5.56 Å². The lowest BCUT2D eigenvalue weighted by molar-refractivity contribution is -0.385. The number of nitrogens with zero attached hydrogens (tertiary/aromatic N) is 2. The number of benzene rings is 1. The lowest BCUT2D eigenvalue weighted by Gasteiger charge is -2.09. The fraction of sp³-hybridized carbons (Fsp3) is 0.214. The largest absolute Gasteiger partial charge is 0.485 e. The fourth-order valence-corrected chi connectivity index (χ4v) is 1.85. The molecule has 0 aliphatic carbocycles. The van der Waals surface area contributed by atoms with Crippen LogP contribution in [0.3, 0.4) is 0 Å². The van der Waals surface area contributed by atoms with Gasteiger partial charge in [-0.25, -0.2) is 0 Å². The van der Waals surface area contributed by atoms with E-state index in [4.69, 9.17) is 10.5 Å². The van der Waals surface area contributed by atoms with Gasteiger partial charge in [-0.1, -0.05) is 12.1 Å². The number of nitro benzene ring substituents is 1. The average Bonchev–Trinajstić information content (AvgIpc) is 2.48. The molecule has 0 aliphatic heterocycles. The van der Waals surface area contributed by atoms with E-state index in [1.807, 2.05) is 0 Å². The van der Waals surface area contributed by atoms with Gasteiger partial charge in [0.1, 0.15) is 6.61 Å². The standard InChI is InChI=1S/C14H15N3O4/c15-10-11-4-5-12(17(19)20)13(9-11)21-8-7-16-6-2-1-3-14(16)18/h1-6,9H,7-8,10,15H2. The van der Waals surface area contributed by atoms with E-state index in [0.29, 0.717) is 6.54 Å². The van der Waals surface area contributed by atoms with Gasteiger partial charge >= 0.3 is 5.69 Å². The summed E-state index contributed by atoms with van der Waals surface area (Å²) in [5.74, 6) is 0.159. The summed E-state index contributed by atoms with van der Waals surface area (Å²) in [4.78, 5) is 22.0. The van der Waals surface area contributed by atoms with Crippen LogP contribution in [0.25, 0.3) is 0 Å². The average molecular weight is 289 g/mol. The molecule has 1 heterocycles. The van der Waals surface area contributed by atoms with Crippen molar-refractivity contribution in [2.45, 2.75) is 13.1 Å². The number of nitro groups is 1. The van der Waals surface area contributed by atoms with Gasteiger partial charge in [0.2, 0.25) is 0 Å². The minimum Gasteiger partial charge on any atom is -0.485 e. The van der Waals surface area contributed by atoms with Crippen LogP contribution in [0.2, 0.25) is 0 Å². The Morgan fingerprint density at radius 3 is 2.76 bits per heavy atom. The number of nitrogens with two attached hydrogens (primary N) is 1. The van der Waals surface area contributed by atoms with Gasteiger partial charge < -0.3 is 15.0 Å². The van der Waals surface area contributed by atoms with E-state index in [2.05, 4.69) is 0 Å². The van der Waals surface area contributed by atoms with E-state index < -0.39 is 4.92 Å². The summed E-state index contributed by atoms with van der Waals surface area (Å²) in [6.45, 7) is 0.731. The smallest absolute Gasteiger partial charge is 0.310 e. The summed E-state index contributed by atoms with van der Waals surface area (Å²) in [6.07, 6.45) is 1.64. The van der Waals surface area contributed by atoms with Crippen LogP contribution in [0.15, 0.2) is 47.4 Å². The number of hydrogen-bond donors (Lipinski definition) is 1. The van der Waals surface area contributed by atoms with Crippen LogP contribution in [0, 0.1) is 10.1 Å². The summed E-state index contributed by atoms with van der Waals surface area (Å²) in [5.41, 5.74) is 5.99. The van der Waals surface area contributed by atoms with Crippen molar-refractivity contribution in [2.24, 2.45) is 5.73 Å². The Morgan fingerprint density at radius 2 is 2.10 bits per heavy atom. The van der Waals surface area contributed by atoms with Gasteiger partial charge in [0.05, 0.1) is 11.5 Å². The molecule has 0 bridgehead atoms. The van der Waals surface area contributed by atoms with Crippen LogP contribution in [-0.2, 0) is 13.1 Å². The highest BCUT2D eigenvalue weighted by atomic mass is 16.6. The van der Waals surface area contributed by atoms with Crippen LogP contribution < -0.4 is 16.0 Å². The lowest BCUT2D eigenvalue weighted by Crippen LogP contribution is -2.21. The normalized spacial score (nSPS) is 10.3. The predicted molar refractivity (Wildman–Crippen MR) is 77.2 cm³/mol. The number of hydrogen-bond acceptors (Lipinski definition) is 5. The van der Waals surface area contributed by atoms with Gasteiger partial charge in [0, 0.05) is 24.9 Å². The zero-order chi connectivity index (χ0) is 15.2. The number of ether oxygens (including phenoxy) is 1. The monoisotopic (exact) mass is 289 g/mol. The van der Waals surface area contributed by atoms with Gasteiger partial charge in [-0.2, -0.15) is 0 Å². The van der Waals surface area contributed by atoms with Crippen LogP contribution in [0.4, 0.5) is 5.69 Å². The van der Waals surface area contributed by atoms with Crippen molar-refractivity contribution in [2.75, 3.05) is 6.61 Å². The molecule has 7 nitrogen and oxygen atoms in total. The van der Waals surface area contributed by atoms with Gasteiger partial charge in [0.25, 0.3) is 5.56 Å². The third kappa shape index (κ3) is 3.67. The minimum atomic E-state index is -0.510. The first-order valence-corrected chi connectivity index (χ1v) is 6.37. The van der Waals surface area contributed by atoms with Crippen molar-refractivity contribution >= 4 is 5.69 Å². The second-order valence-corrected chi connectivity index (χ2v) is 4.34. The van der Waals surface area contributed by atoms with Gasteiger partial charge in [-0.3, -0.25) is 14.9 Å². The first kappa shape index (κ1) is 14.7. The Kier molecular flexibility index (Phi) is 4.68. The summed E-state index contributed by atoms with van der Waals surface area (Å²) in [6, 6.07) is 9.33. The zero-order valence-electron chi connectivity index (χ0n) is 11.3. The predicted octanol–water partition coefficient (Wildman–Crippen LogP) is 1.29. The molecule has 7 heteroatoms. The Bertz CT molecular complexity index is 697. The molecule has 0 radical (unpaired) electrons. The summed E-state index contributed by atoms with van der Waals surface area (Å²) < 4.78 is 6.91. The van der Waals surface area contributed by atoms with Gasteiger partial charge in [-0.15, -0.1) is 0 Å². The molecule has 0 saturated carbocycles. The van der Waals surface area contributed by atoms with E-state index in [1.54, 1.807) is 30.5 Å². The summed E-state index contributed by atoms with van der Waals surface area (Å²) in [7, 11) is 0. The quantitative estimate of drug-likeness (QED) is 0.638. The van der Waals surface area contributed by atoms with E-state index in [-0.39, 0.29) is 30.1 Å². The summed E-state index contributed by atoms with van der Waals surface area (Å²) >= 11 is 0. The third-order valence-corrected chi connectivity index (χ3v) is 2.95. The first-order chi connectivity index (χ1) is 10.1. The molecule has 2 rings (SSSR count). The molecule has 1 aromatic heterocycles. The van der Waals surface area contributed by atoms with Gasteiger partial charge in [0.15, 0.2) is 5.75 Å². The Hall–Kier alpha value is -2.67.